The number of nitrogens with zero attached hydrogens (tertiary/aromatic N) is 4. The van der Waals surface area contributed by atoms with Crippen molar-refractivity contribution in [3.63, 3.8) is 0 Å². The van der Waals surface area contributed by atoms with Crippen molar-refractivity contribution in [2.24, 2.45) is 11.1 Å². The number of pyridine rings is 1. The Morgan fingerprint density at radius 3 is 2.78 bits per heavy atom. The fraction of sp³-hybridized carbons (Fsp3) is 0.375. The van der Waals surface area contributed by atoms with Gasteiger partial charge in [0.2, 0.25) is 0 Å². The van der Waals surface area contributed by atoms with Gasteiger partial charge in [-0.15, -0.1) is 0 Å². The van der Waals surface area contributed by atoms with E-state index in [1.54, 1.807) is 19.3 Å². The highest BCUT2D eigenvalue weighted by Crippen LogP contribution is 2.54. The summed E-state index contributed by atoms with van der Waals surface area (Å²) in [5, 5.41) is 3.12. The van der Waals surface area contributed by atoms with Crippen LogP contribution in [0.5, 0.6) is 11.8 Å². The number of halogens is 1. The Morgan fingerprint density at radius 2 is 2.09 bits per heavy atom. The Morgan fingerprint density at radius 1 is 1.25 bits per heavy atom. The summed E-state index contributed by atoms with van der Waals surface area (Å²) < 4.78 is 20.5. The van der Waals surface area contributed by atoms with Crippen molar-refractivity contribution in [1.29, 1.82) is 0 Å². The summed E-state index contributed by atoms with van der Waals surface area (Å²) in [6.45, 7) is 3.50. The van der Waals surface area contributed by atoms with E-state index in [9.17, 15) is 4.39 Å². The Bertz CT molecular complexity index is 1220. The number of rotatable bonds is 4. The third-order valence-electron chi connectivity index (χ3n) is 7.04. The molecule has 1 aliphatic heterocycles. The maximum absolute atomic E-state index is 14.5. The van der Waals surface area contributed by atoms with Crippen LogP contribution in [0.1, 0.15) is 29.8 Å². The monoisotopic (exact) mass is 432 g/mol. The number of nitrogens with one attached hydrogen (secondary N) is 1. The Kier molecular flexibility index (Phi) is 4.17. The zero-order valence-electron chi connectivity index (χ0n) is 18.2. The molecule has 3 N–H and O–H groups in total. The van der Waals surface area contributed by atoms with Crippen molar-refractivity contribution in [3.8, 4) is 22.9 Å². The van der Waals surface area contributed by atoms with Gasteiger partial charge in [0.15, 0.2) is 0 Å². The average molecular weight is 433 g/mol. The quantitative estimate of drug-likeness (QED) is 0.509. The minimum absolute atomic E-state index is 0.111. The lowest BCUT2D eigenvalue weighted by atomic mass is 10.0. The first-order valence-corrected chi connectivity index (χ1v) is 11.0. The second-order valence-electron chi connectivity index (χ2n) is 9.14. The van der Waals surface area contributed by atoms with E-state index in [4.69, 9.17) is 20.4 Å². The second kappa shape index (κ2) is 6.87. The van der Waals surface area contributed by atoms with Crippen LogP contribution in [0.2, 0.25) is 0 Å². The molecule has 3 aromatic rings. The fourth-order valence-corrected chi connectivity index (χ4v) is 5.05. The summed E-state index contributed by atoms with van der Waals surface area (Å²) in [6, 6.07) is 7.24. The number of ether oxygens (including phenoxy) is 1. The smallest absolute Gasteiger partial charge is 0.324 e. The van der Waals surface area contributed by atoms with Gasteiger partial charge in [0.1, 0.15) is 17.4 Å². The Labute approximate surface area is 185 Å². The molecule has 2 aliphatic carbocycles. The third kappa shape index (κ3) is 3.01. The Balaban J connectivity index is 1.47. The summed E-state index contributed by atoms with van der Waals surface area (Å²) in [4.78, 5) is 16.1. The number of aromatic nitrogens is 3. The van der Waals surface area contributed by atoms with Crippen LogP contribution in [0.4, 0.5) is 15.9 Å². The van der Waals surface area contributed by atoms with Crippen LogP contribution in [0.3, 0.4) is 0 Å². The molecule has 3 aliphatic rings. The molecule has 2 fully saturated rings. The zero-order chi connectivity index (χ0) is 22.0. The topological polar surface area (TPSA) is 89.2 Å². The van der Waals surface area contributed by atoms with Gasteiger partial charge < -0.3 is 20.7 Å². The molecule has 6 rings (SSSR count). The molecule has 0 unspecified atom stereocenters. The van der Waals surface area contributed by atoms with Crippen LogP contribution >= 0.6 is 0 Å². The summed E-state index contributed by atoms with van der Waals surface area (Å²) >= 11 is 0. The summed E-state index contributed by atoms with van der Waals surface area (Å²) in [5.41, 5.74) is 11.9. The first-order chi connectivity index (χ1) is 15.5. The molecule has 32 heavy (non-hydrogen) atoms. The molecule has 1 saturated heterocycles. The number of fused-ring (bicyclic) bond motifs is 3. The summed E-state index contributed by atoms with van der Waals surface area (Å²) in [5.74, 6) is 1.07. The number of anilines is 2. The lowest BCUT2D eigenvalue weighted by Gasteiger charge is -2.21. The maximum Gasteiger partial charge on any atom is 0.324 e. The van der Waals surface area contributed by atoms with Crippen LogP contribution in [-0.2, 0) is 6.42 Å². The van der Waals surface area contributed by atoms with Crippen LogP contribution in [0.15, 0.2) is 30.5 Å². The molecule has 3 heterocycles. The average Bonchev–Trinajstić information content (AvgIpc) is 3.36. The molecule has 7 nitrogen and oxygen atoms in total. The molecule has 1 aromatic carbocycles. The maximum atomic E-state index is 14.5. The minimum Gasteiger partial charge on any atom is -0.423 e. The lowest BCUT2D eigenvalue weighted by Crippen LogP contribution is -2.30. The second-order valence-corrected chi connectivity index (χ2v) is 9.14. The van der Waals surface area contributed by atoms with Crippen molar-refractivity contribution in [2.75, 3.05) is 30.4 Å². The highest BCUT2D eigenvalue weighted by Gasteiger charge is 2.54. The number of hydrogen-bond acceptors (Lipinski definition) is 7. The number of benzene rings is 1. The third-order valence-corrected chi connectivity index (χ3v) is 7.04. The highest BCUT2D eigenvalue weighted by molar-refractivity contribution is 5.88. The number of nitrogens with two attached hydrogens (primary N) is 1. The van der Waals surface area contributed by atoms with Crippen LogP contribution in [0, 0.1) is 18.2 Å². The van der Waals surface area contributed by atoms with Gasteiger partial charge in [0.25, 0.3) is 0 Å². The van der Waals surface area contributed by atoms with E-state index in [0.29, 0.717) is 12.2 Å². The van der Waals surface area contributed by atoms with E-state index in [1.165, 1.54) is 6.07 Å². The minimum atomic E-state index is -0.283. The van der Waals surface area contributed by atoms with Crippen molar-refractivity contribution in [1.82, 2.24) is 15.0 Å². The first-order valence-electron chi connectivity index (χ1n) is 11.0. The standard InChI is InChI=1S/C24H25FN6O/c1-13-3-4-15(10-28-13)32-23-29-19-9-16-17(7-14(25)8-18(16)27-2)21(19)22(30-23)31-11-20(26)24(12-31)5-6-24/h3-4,7-8,10,20,27H,5-6,9,11-12,26H2,1-2H3/t20-/m0/s1. The molecule has 1 spiro atoms. The molecular formula is C24H25FN6O. The molecule has 0 bridgehead atoms. The molecule has 1 saturated carbocycles. The van der Waals surface area contributed by atoms with E-state index < -0.39 is 0 Å². The van der Waals surface area contributed by atoms with Gasteiger partial charge in [0.05, 0.1) is 11.9 Å². The van der Waals surface area contributed by atoms with E-state index in [0.717, 1.165) is 65.5 Å². The van der Waals surface area contributed by atoms with Gasteiger partial charge in [-0.1, -0.05) is 0 Å². The molecule has 8 heteroatoms. The fourth-order valence-electron chi connectivity index (χ4n) is 5.05. The predicted octanol–water partition coefficient (Wildman–Crippen LogP) is 3.65. The lowest BCUT2D eigenvalue weighted by molar-refractivity contribution is 0.438. The summed E-state index contributed by atoms with van der Waals surface area (Å²) in [7, 11) is 1.81. The van der Waals surface area contributed by atoms with Crippen molar-refractivity contribution >= 4 is 11.5 Å². The molecule has 0 radical (unpaired) electrons. The van der Waals surface area contributed by atoms with Crippen LogP contribution < -0.4 is 20.7 Å². The Hall–Kier alpha value is -3.26. The van der Waals surface area contributed by atoms with Crippen LogP contribution in [0.25, 0.3) is 11.1 Å². The van der Waals surface area contributed by atoms with Crippen molar-refractivity contribution in [3.05, 3.63) is 53.2 Å². The predicted molar refractivity (Wildman–Crippen MR) is 121 cm³/mol. The van der Waals surface area contributed by atoms with E-state index in [2.05, 4.69) is 15.2 Å². The van der Waals surface area contributed by atoms with E-state index >= 15 is 0 Å². The SMILES string of the molecule is CNc1cc(F)cc2c1Cc1nc(Oc3ccc(C)nc3)nc(N3C[C@H](N)C4(CC4)C3)c1-2. The van der Waals surface area contributed by atoms with E-state index in [-0.39, 0.29) is 23.3 Å². The van der Waals surface area contributed by atoms with E-state index in [1.807, 2.05) is 19.1 Å². The van der Waals surface area contributed by atoms with Gasteiger partial charge in [-0.05, 0) is 55.2 Å². The largest absolute Gasteiger partial charge is 0.423 e. The van der Waals surface area contributed by atoms with Gasteiger partial charge in [-0.2, -0.15) is 9.97 Å². The summed E-state index contributed by atoms with van der Waals surface area (Å²) in [6.07, 6.45) is 4.54. The van der Waals surface area contributed by atoms with Crippen molar-refractivity contribution < 1.29 is 9.13 Å². The van der Waals surface area contributed by atoms with Gasteiger partial charge in [-0.3, -0.25) is 4.98 Å². The first kappa shape index (κ1) is 19.4. The molecule has 1 atom stereocenters. The van der Waals surface area contributed by atoms with Gasteiger partial charge in [0, 0.05) is 55.0 Å². The van der Waals surface area contributed by atoms with Gasteiger partial charge in [-0.25, -0.2) is 4.39 Å². The highest BCUT2D eigenvalue weighted by atomic mass is 19.1. The molecule has 0 amide bonds. The normalized spacial score (nSPS) is 19.8. The van der Waals surface area contributed by atoms with Crippen molar-refractivity contribution in [2.45, 2.75) is 32.2 Å². The van der Waals surface area contributed by atoms with Gasteiger partial charge >= 0.3 is 6.01 Å². The molecule has 2 aromatic heterocycles. The zero-order valence-corrected chi connectivity index (χ0v) is 18.2. The van der Waals surface area contributed by atoms with Crippen LogP contribution in [-0.4, -0.2) is 41.1 Å². The molecular weight excluding hydrogens is 407 g/mol. The number of aryl methyl sites for hydroxylation is 1. The molecule has 164 valence electrons. The number of hydrogen-bond donors (Lipinski definition) is 2.